The Balaban J connectivity index is 1.29. The molecule has 5 aliphatic rings. The molecular formula is C33H39F3N6O8S. The number of hydrogen-bond acceptors (Lipinski definition) is 8. The number of carbonyl (C=O) groups excluding carboxylic acids is 5. The van der Waals surface area contributed by atoms with Gasteiger partial charge in [0, 0.05) is 32.5 Å². The molecule has 6 rings (SSSR count). The fourth-order valence-electron chi connectivity index (χ4n) is 6.82. The minimum atomic E-state index is -4.91. The van der Waals surface area contributed by atoms with E-state index in [1.165, 1.54) is 18.0 Å². The number of hydrogen-bond donors (Lipinski definition) is 3. The molecule has 51 heavy (non-hydrogen) atoms. The SMILES string of the molecule is C=C[C@@H]1C[C@@]1(NC(=O)[C@@H]1C[C@@H]2CN1C(=O)C(CC(F)(F)F)NC(=O)N(C)CC/C=C/c1cccc3c1CN(C3)C(=O)O2)C(=O)NS(=O)(=O)C1CC1. The molecule has 0 radical (unpaired) electrons. The van der Waals surface area contributed by atoms with Crippen LogP contribution in [0.15, 0.2) is 36.9 Å². The maximum absolute atomic E-state index is 14.0. The van der Waals surface area contributed by atoms with Crippen LogP contribution >= 0.6 is 0 Å². The van der Waals surface area contributed by atoms with Gasteiger partial charge >= 0.3 is 18.3 Å². The Morgan fingerprint density at radius 2 is 1.92 bits per heavy atom. The van der Waals surface area contributed by atoms with Gasteiger partial charge in [-0.15, -0.1) is 6.58 Å². The summed E-state index contributed by atoms with van der Waals surface area (Å²) in [7, 11) is -2.64. The lowest BCUT2D eigenvalue weighted by molar-refractivity contribution is -0.155. The van der Waals surface area contributed by atoms with Gasteiger partial charge in [-0.05, 0) is 42.4 Å². The molecule has 276 valence electrons. The van der Waals surface area contributed by atoms with E-state index < -0.39 is 93.9 Å². The zero-order valence-electron chi connectivity index (χ0n) is 27.8. The Kier molecular flexibility index (Phi) is 9.58. The third-order valence-corrected chi connectivity index (χ3v) is 11.8. The lowest BCUT2D eigenvalue weighted by Crippen LogP contribution is -2.59. The van der Waals surface area contributed by atoms with Crippen LogP contribution in [0.1, 0.15) is 55.2 Å². The molecule has 1 aromatic carbocycles. The van der Waals surface area contributed by atoms with E-state index in [2.05, 4.69) is 17.2 Å². The van der Waals surface area contributed by atoms with E-state index in [4.69, 9.17) is 4.74 Å². The summed E-state index contributed by atoms with van der Waals surface area (Å²) < 4.78 is 74.3. The molecule has 3 aliphatic heterocycles. The van der Waals surface area contributed by atoms with Gasteiger partial charge < -0.3 is 25.2 Å². The van der Waals surface area contributed by atoms with Crippen LogP contribution < -0.4 is 15.4 Å². The van der Waals surface area contributed by atoms with Crippen molar-refractivity contribution in [3.8, 4) is 0 Å². The molecule has 0 aromatic heterocycles. The Morgan fingerprint density at radius 1 is 1.18 bits per heavy atom. The van der Waals surface area contributed by atoms with Crippen molar-refractivity contribution in [1.29, 1.82) is 0 Å². The molecule has 0 spiro atoms. The molecule has 5 atom stereocenters. The van der Waals surface area contributed by atoms with Crippen molar-refractivity contribution in [2.45, 2.75) is 86.8 Å². The highest BCUT2D eigenvalue weighted by molar-refractivity contribution is 7.91. The minimum Gasteiger partial charge on any atom is -0.444 e. The Morgan fingerprint density at radius 3 is 2.59 bits per heavy atom. The molecule has 1 aromatic rings. The minimum absolute atomic E-state index is 0.0151. The van der Waals surface area contributed by atoms with Gasteiger partial charge in [0.15, 0.2) is 0 Å². The first-order chi connectivity index (χ1) is 24.0. The number of carbonyl (C=O) groups is 5. The highest BCUT2D eigenvalue weighted by atomic mass is 32.2. The number of benzene rings is 1. The maximum atomic E-state index is 14.0. The normalized spacial score (nSPS) is 29.0. The van der Waals surface area contributed by atoms with Gasteiger partial charge in [-0.25, -0.2) is 18.0 Å². The highest BCUT2D eigenvalue weighted by Gasteiger charge is 2.62. The van der Waals surface area contributed by atoms with Crippen LogP contribution in [0.4, 0.5) is 22.8 Å². The molecule has 2 saturated carbocycles. The first kappa shape index (κ1) is 36.2. The van der Waals surface area contributed by atoms with Crippen molar-refractivity contribution >= 4 is 45.9 Å². The Bertz CT molecular complexity index is 1780. The molecular weight excluding hydrogens is 697 g/mol. The van der Waals surface area contributed by atoms with Crippen molar-refractivity contribution in [3.05, 3.63) is 53.6 Å². The number of sulfonamides is 1. The number of fused-ring (bicyclic) bond motifs is 3. The summed E-state index contributed by atoms with van der Waals surface area (Å²) in [5, 5.41) is 3.96. The first-order valence-electron chi connectivity index (χ1n) is 16.6. The number of urea groups is 1. The van der Waals surface area contributed by atoms with E-state index in [0.29, 0.717) is 19.3 Å². The van der Waals surface area contributed by atoms with Crippen LogP contribution in [0.2, 0.25) is 0 Å². The zero-order chi connectivity index (χ0) is 36.9. The van der Waals surface area contributed by atoms with Crippen molar-refractivity contribution in [1.82, 2.24) is 30.1 Å². The average Bonchev–Trinajstić information content (AvgIpc) is 3.95. The smallest absolute Gasteiger partial charge is 0.410 e. The van der Waals surface area contributed by atoms with E-state index in [-0.39, 0.29) is 32.5 Å². The van der Waals surface area contributed by atoms with Gasteiger partial charge in [0.05, 0.1) is 24.8 Å². The summed E-state index contributed by atoms with van der Waals surface area (Å²) in [6.07, 6.45) is -2.87. The monoisotopic (exact) mass is 736 g/mol. The fraction of sp³-hybridized carbons (Fsp3) is 0.545. The molecule has 1 saturated heterocycles. The number of alkyl halides is 3. The van der Waals surface area contributed by atoms with Crippen molar-refractivity contribution < 1.29 is 50.3 Å². The summed E-state index contributed by atoms with van der Waals surface area (Å²) in [5.74, 6) is -3.91. The van der Waals surface area contributed by atoms with Crippen LogP contribution in [-0.2, 0) is 42.2 Å². The van der Waals surface area contributed by atoms with E-state index in [1.807, 2.05) is 29.0 Å². The molecule has 18 heteroatoms. The Hall–Kier alpha value is -4.61. The van der Waals surface area contributed by atoms with Crippen LogP contribution in [0.5, 0.6) is 0 Å². The topological polar surface area (TPSA) is 175 Å². The average molecular weight is 737 g/mol. The lowest BCUT2D eigenvalue weighted by Gasteiger charge is -2.31. The second-order valence-corrected chi connectivity index (χ2v) is 15.7. The van der Waals surface area contributed by atoms with E-state index in [9.17, 15) is 45.6 Å². The molecule has 3 heterocycles. The predicted octanol–water partition coefficient (Wildman–Crippen LogP) is 2.16. The molecule has 4 bridgehead atoms. The van der Waals surface area contributed by atoms with Gasteiger partial charge in [-0.3, -0.25) is 24.0 Å². The number of ether oxygens (including phenoxy) is 1. The Labute approximate surface area is 292 Å². The number of rotatable bonds is 7. The summed E-state index contributed by atoms with van der Waals surface area (Å²) in [6, 6.07) is 0.926. The first-order valence-corrected chi connectivity index (χ1v) is 18.2. The fourth-order valence-corrected chi connectivity index (χ4v) is 8.18. The van der Waals surface area contributed by atoms with Crippen LogP contribution in [-0.4, -0.2) is 108 Å². The predicted molar refractivity (Wildman–Crippen MR) is 175 cm³/mol. The van der Waals surface area contributed by atoms with Gasteiger partial charge in [-0.1, -0.05) is 36.4 Å². The van der Waals surface area contributed by atoms with Crippen LogP contribution in [0.3, 0.4) is 0 Å². The zero-order valence-corrected chi connectivity index (χ0v) is 28.6. The molecule has 2 aliphatic carbocycles. The molecule has 3 N–H and O–H groups in total. The lowest BCUT2D eigenvalue weighted by atomic mass is 10.0. The van der Waals surface area contributed by atoms with Crippen LogP contribution in [0, 0.1) is 5.92 Å². The third kappa shape index (κ3) is 7.69. The van der Waals surface area contributed by atoms with E-state index in [1.54, 1.807) is 6.08 Å². The summed E-state index contributed by atoms with van der Waals surface area (Å²) >= 11 is 0. The molecule has 1 unspecified atom stereocenters. The van der Waals surface area contributed by atoms with Gasteiger partial charge in [0.25, 0.3) is 5.91 Å². The second kappa shape index (κ2) is 13.5. The van der Waals surface area contributed by atoms with E-state index >= 15 is 0 Å². The maximum Gasteiger partial charge on any atom is 0.410 e. The standard InChI is InChI=1S/C33H39F3N6O8S/c1-3-21-14-32(21,29(45)39-51(48,49)23-10-11-23)38-27(43)26-13-22-17-42(26)28(44)25(15-33(34,35)36)37-30(46)40(2)12-5-4-7-19-8-6-9-20-16-41(18-24(19)20)31(47)50-22/h3-4,6-9,21-23,25-26H,1,5,10-18H2,2H3,(H,37,46)(H,38,43)(H,39,45)/b7-4+/t21-,22-,25?,26+,32+/m1/s1. The van der Waals surface area contributed by atoms with Crippen LogP contribution in [0.25, 0.3) is 6.08 Å². The van der Waals surface area contributed by atoms with Gasteiger partial charge in [0.1, 0.15) is 23.7 Å². The number of halogens is 3. The summed E-state index contributed by atoms with van der Waals surface area (Å²) in [5.41, 5.74) is 0.872. The van der Waals surface area contributed by atoms with Crippen molar-refractivity contribution in [3.63, 3.8) is 0 Å². The highest BCUT2D eigenvalue weighted by Crippen LogP contribution is 2.45. The van der Waals surface area contributed by atoms with Gasteiger partial charge in [0.2, 0.25) is 21.8 Å². The number of nitrogens with zero attached hydrogens (tertiary/aromatic N) is 3. The second-order valence-electron chi connectivity index (χ2n) is 13.7. The quantitative estimate of drug-likeness (QED) is 0.357. The largest absolute Gasteiger partial charge is 0.444 e. The third-order valence-electron chi connectivity index (χ3n) is 9.95. The molecule has 3 fully saturated rings. The van der Waals surface area contributed by atoms with Gasteiger partial charge in [-0.2, -0.15) is 13.2 Å². The molecule has 14 nitrogen and oxygen atoms in total. The van der Waals surface area contributed by atoms with Crippen molar-refractivity contribution in [2.24, 2.45) is 5.92 Å². The number of amides is 6. The summed E-state index contributed by atoms with van der Waals surface area (Å²) in [6.45, 7) is 3.68. The van der Waals surface area contributed by atoms with E-state index in [0.717, 1.165) is 26.5 Å². The summed E-state index contributed by atoms with van der Waals surface area (Å²) in [4.78, 5) is 71.1. The molecule has 6 amide bonds. The number of nitrogens with one attached hydrogen (secondary N) is 3. The van der Waals surface area contributed by atoms with Crippen molar-refractivity contribution in [2.75, 3.05) is 20.1 Å².